The minimum absolute atomic E-state index is 0.379. The van der Waals surface area contributed by atoms with E-state index in [0.717, 1.165) is 11.1 Å². The molecule has 1 atom stereocenters. The second kappa shape index (κ2) is 6.98. The van der Waals surface area contributed by atoms with Crippen molar-refractivity contribution in [2.75, 3.05) is 0 Å². The molecule has 0 fully saturated rings. The summed E-state index contributed by atoms with van der Waals surface area (Å²) in [5.74, 6) is 0.688. The molecule has 106 valence electrons. The minimum atomic E-state index is -0.514. The van der Waals surface area contributed by atoms with Crippen molar-refractivity contribution in [2.45, 2.75) is 26.1 Å². The van der Waals surface area contributed by atoms with Crippen LogP contribution in [0.15, 0.2) is 42.5 Å². The highest BCUT2D eigenvalue weighted by Crippen LogP contribution is 2.28. The van der Waals surface area contributed by atoms with Gasteiger partial charge in [0.2, 0.25) is 0 Å². The predicted molar refractivity (Wildman–Crippen MR) is 82.5 cm³/mol. The van der Waals surface area contributed by atoms with Gasteiger partial charge < -0.3 is 9.84 Å². The van der Waals surface area contributed by atoms with E-state index in [1.807, 2.05) is 37.3 Å². The van der Waals surface area contributed by atoms with Crippen LogP contribution in [0.4, 0.5) is 0 Å². The van der Waals surface area contributed by atoms with Crippen LogP contribution in [-0.4, -0.2) is 5.11 Å². The Balaban J connectivity index is 2.12. The molecule has 0 aliphatic carbocycles. The molecule has 2 aromatic rings. The van der Waals surface area contributed by atoms with Crippen LogP contribution in [0.5, 0.6) is 5.75 Å². The molecule has 0 bridgehead atoms. The Bertz CT molecular complexity index is 584. The van der Waals surface area contributed by atoms with Crippen molar-refractivity contribution >= 4 is 23.2 Å². The van der Waals surface area contributed by atoms with Crippen LogP contribution in [-0.2, 0) is 6.61 Å². The number of halogens is 2. The van der Waals surface area contributed by atoms with E-state index in [-0.39, 0.29) is 0 Å². The topological polar surface area (TPSA) is 29.5 Å². The van der Waals surface area contributed by atoms with Crippen molar-refractivity contribution in [2.24, 2.45) is 0 Å². The second-order valence-electron chi connectivity index (χ2n) is 4.50. The fourth-order valence-electron chi connectivity index (χ4n) is 1.90. The van der Waals surface area contributed by atoms with Crippen LogP contribution in [0.3, 0.4) is 0 Å². The SMILES string of the molecule is CC[C@@H](O)c1ccccc1OCc1ccc(Cl)c(Cl)c1. The van der Waals surface area contributed by atoms with Crippen molar-refractivity contribution in [3.63, 3.8) is 0 Å². The van der Waals surface area contributed by atoms with Gasteiger partial charge >= 0.3 is 0 Å². The standard InChI is InChI=1S/C16H16Cl2O2/c1-2-15(19)12-5-3-4-6-16(12)20-10-11-7-8-13(17)14(18)9-11/h3-9,15,19H,2,10H2,1H3/t15-/m1/s1. The molecule has 0 spiro atoms. The van der Waals surface area contributed by atoms with Crippen molar-refractivity contribution in [3.8, 4) is 5.75 Å². The Labute approximate surface area is 128 Å². The Morgan fingerprint density at radius 3 is 2.55 bits per heavy atom. The van der Waals surface area contributed by atoms with Crippen LogP contribution >= 0.6 is 23.2 Å². The number of benzene rings is 2. The number of hydrogen-bond acceptors (Lipinski definition) is 2. The van der Waals surface area contributed by atoms with Gasteiger partial charge in [-0.15, -0.1) is 0 Å². The molecule has 20 heavy (non-hydrogen) atoms. The summed E-state index contributed by atoms with van der Waals surface area (Å²) in [6.45, 7) is 2.31. The van der Waals surface area contributed by atoms with E-state index in [9.17, 15) is 5.11 Å². The quantitative estimate of drug-likeness (QED) is 0.840. The number of ether oxygens (including phenoxy) is 1. The van der Waals surface area contributed by atoms with Gasteiger partial charge in [0.25, 0.3) is 0 Å². The van der Waals surface area contributed by atoms with Crippen LogP contribution in [0, 0.1) is 0 Å². The zero-order valence-corrected chi connectivity index (χ0v) is 12.7. The molecule has 0 radical (unpaired) electrons. The van der Waals surface area contributed by atoms with Crippen LogP contribution in [0.2, 0.25) is 10.0 Å². The Morgan fingerprint density at radius 1 is 1.10 bits per heavy atom. The summed E-state index contributed by atoms with van der Waals surface area (Å²) >= 11 is 11.8. The van der Waals surface area contributed by atoms with Gasteiger partial charge in [0, 0.05) is 5.56 Å². The number of para-hydroxylation sites is 1. The molecule has 0 aliphatic heterocycles. The zero-order chi connectivity index (χ0) is 14.5. The summed E-state index contributed by atoms with van der Waals surface area (Å²) in [5.41, 5.74) is 1.73. The lowest BCUT2D eigenvalue weighted by Gasteiger charge is -2.15. The molecule has 0 aromatic heterocycles. The van der Waals surface area contributed by atoms with Gasteiger partial charge in [-0.3, -0.25) is 0 Å². The second-order valence-corrected chi connectivity index (χ2v) is 5.31. The Hall–Kier alpha value is -1.22. The van der Waals surface area contributed by atoms with E-state index in [0.29, 0.717) is 28.8 Å². The van der Waals surface area contributed by atoms with Gasteiger partial charge in [-0.1, -0.05) is 54.4 Å². The largest absolute Gasteiger partial charge is 0.489 e. The lowest BCUT2D eigenvalue weighted by atomic mass is 10.1. The number of hydrogen-bond donors (Lipinski definition) is 1. The van der Waals surface area contributed by atoms with Crippen LogP contribution in [0.1, 0.15) is 30.6 Å². The third-order valence-electron chi connectivity index (χ3n) is 3.04. The lowest BCUT2D eigenvalue weighted by Crippen LogP contribution is -2.02. The summed E-state index contributed by atoms with van der Waals surface area (Å²) in [6.07, 6.45) is 0.132. The molecule has 1 N–H and O–H groups in total. The highest BCUT2D eigenvalue weighted by Gasteiger charge is 2.11. The van der Waals surface area contributed by atoms with Crippen LogP contribution in [0.25, 0.3) is 0 Å². The smallest absolute Gasteiger partial charge is 0.125 e. The molecular formula is C16H16Cl2O2. The highest BCUT2D eigenvalue weighted by atomic mass is 35.5. The minimum Gasteiger partial charge on any atom is -0.489 e. The number of aliphatic hydroxyl groups excluding tert-OH is 1. The van der Waals surface area contributed by atoms with Crippen molar-refractivity contribution in [3.05, 3.63) is 63.6 Å². The van der Waals surface area contributed by atoms with Gasteiger partial charge in [-0.2, -0.15) is 0 Å². The fraction of sp³-hybridized carbons (Fsp3) is 0.250. The third-order valence-corrected chi connectivity index (χ3v) is 3.78. The molecule has 0 heterocycles. The Morgan fingerprint density at radius 2 is 1.85 bits per heavy atom. The molecule has 2 aromatic carbocycles. The van der Waals surface area contributed by atoms with Gasteiger partial charge in [0.1, 0.15) is 12.4 Å². The van der Waals surface area contributed by atoms with E-state index in [2.05, 4.69) is 0 Å². The van der Waals surface area contributed by atoms with E-state index >= 15 is 0 Å². The monoisotopic (exact) mass is 310 g/mol. The van der Waals surface area contributed by atoms with Crippen LogP contribution < -0.4 is 4.74 Å². The average molecular weight is 311 g/mol. The maximum absolute atomic E-state index is 9.97. The maximum atomic E-state index is 9.97. The molecule has 0 saturated heterocycles. The summed E-state index contributed by atoms with van der Waals surface area (Å²) < 4.78 is 5.78. The summed E-state index contributed by atoms with van der Waals surface area (Å²) in [5, 5.41) is 11.0. The van der Waals surface area contributed by atoms with Crippen molar-refractivity contribution in [1.29, 1.82) is 0 Å². The zero-order valence-electron chi connectivity index (χ0n) is 11.1. The lowest BCUT2D eigenvalue weighted by molar-refractivity contribution is 0.166. The molecule has 0 aliphatic rings. The highest BCUT2D eigenvalue weighted by molar-refractivity contribution is 6.42. The summed E-state index contributed by atoms with van der Waals surface area (Å²) in [6, 6.07) is 12.9. The summed E-state index contributed by atoms with van der Waals surface area (Å²) in [4.78, 5) is 0. The molecule has 0 amide bonds. The van der Waals surface area contributed by atoms with E-state index in [4.69, 9.17) is 27.9 Å². The van der Waals surface area contributed by atoms with Crippen molar-refractivity contribution in [1.82, 2.24) is 0 Å². The van der Waals surface area contributed by atoms with Gasteiger partial charge in [0.15, 0.2) is 0 Å². The number of rotatable bonds is 5. The molecule has 0 saturated carbocycles. The first kappa shape index (κ1) is 15.2. The molecule has 0 unspecified atom stereocenters. The summed E-state index contributed by atoms with van der Waals surface area (Å²) in [7, 11) is 0. The first-order valence-corrected chi connectivity index (χ1v) is 7.21. The fourth-order valence-corrected chi connectivity index (χ4v) is 2.22. The normalized spacial score (nSPS) is 12.2. The van der Waals surface area contributed by atoms with Gasteiger partial charge in [-0.05, 0) is 30.2 Å². The van der Waals surface area contributed by atoms with E-state index in [1.165, 1.54) is 0 Å². The maximum Gasteiger partial charge on any atom is 0.125 e. The van der Waals surface area contributed by atoms with E-state index in [1.54, 1.807) is 12.1 Å². The van der Waals surface area contributed by atoms with Gasteiger partial charge in [0.05, 0.1) is 16.1 Å². The average Bonchev–Trinajstić information content (AvgIpc) is 2.48. The van der Waals surface area contributed by atoms with E-state index < -0.39 is 6.10 Å². The first-order valence-electron chi connectivity index (χ1n) is 6.45. The predicted octanol–water partition coefficient (Wildman–Crippen LogP) is 5.02. The molecular weight excluding hydrogens is 295 g/mol. The first-order chi connectivity index (χ1) is 9.61. The molecule has 4 heteroatoms. The number of aliphatic hydroxyl groups is 1. The molecule has 2 nitrogen and oxygen atoms in total. The van der Waals surface area contributed by atoms with Crippen molar-refractivity contribution < 1.29 is 9.84 Å². The third kappa shape index (κ3) is 3.66. The molecule has 2 rings (SSSR count). The Kier molecular flexibility index (Phi) is 5.30. The van der Waals surface area contributed by atoms with Gasteiger partial charge in [-0.25, -0.2) is 0 Å².